The molecule has 5 rings (SSSR count). The largest absolute Gasteiger partial charge is 0.376 e. The van der Waals surface area contributed by atoms with Crippen molar-refractivity contribution in [3.63, 3.8) is 0 Å². The average Bonchev–Trinajstić information content (AvgIpc) is 3.42. The van der Waals surface area contributed by atoms with E-state index in [9.17, 15) is 9.59 Å². The van der Waals surface area contributed by atoms with Gasteiger partial charge in [0.1, 0.15) is 4.70 Å². The van der Waals surface area contributed by atoms with E-state index in [1.165, 1.54) is 16.0 Å². The molecule has 1 saturated heterocycles. The Bertz CT molecular complexity index is 1270. The summed E-state index contributed by atoms with van der Waals surface area (Å²) in [6.45, 7) is 3.52. The van der Waals surface area contributed by atoms with Crippen LogP contribution in [0.2, 0.25) is 0 Å². The van der Waals surface area contributed by atoms with Gasteiger partial charge in [0.25, 0.3) is 5.56 Å². The Morgan fingerprint density at radius 3 is 2.79 bits per heavy atom. The van der Waals surface area contributed by atoms with Gasteiger partial charge in [-0.05, 0) is 36.8 Å². The second kappa shape index (κ2) is 6.72. The van der Waals surface area contributed by atoms with E-state index >= 15 is 0 Å². The van der Waals surface area contributed by atoms with E-state index in [0.29, 0.717) is 35.7 Å². The van der Waals surface area contributed by atoms with E-state index in [2.05, 4.69) is 5.10 Å². The molecule has 1 fully saturated rings. The van der Waals surface area contributed by atoms with Gasteiger partial charge in [0, 0.05) is 6.61 Å². The summed E-state index contributed by atoms with van der Waals surface area (Å²) < 4.78 is 10.9. The molecule has 4 aromatic rings. The summed E-state index contributed by atoms with van der Waals surface area (Å²) >= 11 is 1.35. The minimum atomic E-state index is -0.236. The topological polar surface area (TPSA) is 70.5 Å². The van der Waals surface area contributed by atoms with Gasteiger partial charge >= 0.3 is 5.69 Å². The van der Waals surface area contributed by atoms with Crippen LogP contribution in [0.15, 0.2) is 45.3 Å². The second-order valence-corrected chi connectivity index (χ2v) is 8.16. The van der Waals surface area contributed by atoms with Crippen molar-refractivity contribution in [2.24, 2.45) is 0 Å². The molecule has 1 aromatic carbocycles. The number of thiophene rings is 1. The van der Waals surface area contributed by atoms with E-state index < -0.39 is 0 Å². The third-order valence-electron chi connectivity index (χ3n) is 5.25. The fraction of sp³-hybridized carbons (Fsp3) is 0.350. The Morgan fingerprint density at radius 2 is 2.04 bits per heavy atom. The van der Waals surface area contributed by atoms with Crippen LogP contribution in [0.25, 0.3) is 16.0 Å². The summed E-state index contributed by atoms with van der Waals surface area (Å²) in [6, 6.07) is 9.82. The minimum Gasteiger partial charge on any atom is -0.376 e. The zero-order valence-electron chi connectivity index (χ0n) is 15.5. The summed E-state index contributed by atoms with van der Waals surface area (Å²) in [4.78, 5) is 26.2. The fourth-order valence-corrected chi connectivity index (χ4v) is 4.58. The van der Waals surface area contributed by atoms with Gasteiger partial charge in [-0.1, -0.05) is 29.8 Å². The number of hydrogen-bond donors (Lipinski definition) is 0. The van der Waals surface area contributed by atoms with Crippen LogP contribution in [0, 0.1) is 6.92 Å². The molecule has 28 heavy (non-hydrogen) atoms. The van der Waals surface area contributed by atoms with Gasteiger partial charge in [0.2, 0.25) is 5.78 Å². The van der Waals surface area contributed by atoms with Gasteiger partial charge in [-0.3, -0.25) is 9.36 Å². The maximum atomic E-state index is 13.1. The van der Waals surface area contributed by atoms with Gasteiger partial charge < -0.3 is 4.74 Å². The number of rotatable bonds is 4. The van der Waals surface area contributed by atoms with Gasteiger partial charge in [0.05, 0.1) is 24.7 Å². The molecule has 0 spiro atoms. The molecule has 0 saturated carbocycles. The second-order valence-electron chi connectivity index (χ2n) is 7.25. The van der Waals surface area contributed by atoms with Gasteiger partial charge in [-0.15, -0.1) is 16.4 Å². The van der Waals surface area contributed by atoms with Crippen LogP contribution in [0.1, 0.15) is 24.0 Å². The predicted octanol–water partition coefficient (Wildman–Crippen LogP) is 2.41. The van der Waals surface area contributed by atoms with E-state index in [0.717, 1.165) is 24.0 Å². The molecule has 3 aromatic heterocycles. The molecule has 1 unspecified atom stereocenters. The van der Waals surface area contributed by atoms with Gasteiger partial charge in [-0.25, -0.2) is 13.9 Å². The lowest BCUT2D eigenvalue weighted by atomic mass is 10.1. The standard InChI is InChI=1S/C20H20N4O3S/c1-13-4-6-14(7-5-13)11-23-20(26)24-16-8-10-28-17(16)18(25)22(19(24)21-23)12-15-3-2-9-27-15/h4-8,10,15H,2-3,9,11-12H2,1H3. The van der Waals surface area contributed by atoms with Crippen molar-refractivity contribution in [2.45, 2.75) is 39.0 Å². The molecule has 8 heteroatoms. The van der Waals surface area contributed by atoms with Crippen molar-refractivity contribution >= 4 is 27.3 Å². The molecule has 1 aliphatic rings. The van der Waals surface area contributed by atoms with Crippen LogP contribution in [0.4, 0.5) is 0 Å². The van der Waals surface area contributed by atoms with Crippen molar-refractivity contribution < 1.29 is 4.74 Å². The van der Waals surface area contributed by atoms with Crippen LogP contribution >= 0.6 is 11.3 Å². The molecule has 0 aliphatic carbocycles. The highest BCUT2D eigenvalue weighted by Gasteiger charge is 2.22. The normalized spacial score (nSPS) is 17.1. The van der Waals surface area contributed by atoms with Crippen molar-refractivity contribution in [2.75, 3.05) is 6.61 Å². The zero-order chi connectivity index (χ0) is 19.3. The highest BCUT2D eigenvalue weighted by atomic mass is 32.1. The Hall–Kier alpha value is -2.71. The lowest BCUT2D eigenvalue weighted by Gasteiger charge is -2.12. The van der Waals surface area contributed by atoms with Crippen molar-refractivity contribution in [3.8, 4) is 0 Å². The third kappa shape index (κ3) is 2.80. The van der Waals surface area contributed by atoms with Gasteiger partial charge in [0.15, 0.2) is 0 Å². The first-order valence-corrected chi connectivity index (χ1v) is 10.3. The zero-order valence-corrected chi connectivity index (χ0v) is 16.3. The van der Waals surface area contributed by atoms with E-state index in [1.54, 1.807) is 8.97 Å². The molecule has 1 aliphatic heterocycles. The molecule has 0 bridgehead atoms. The summed E-state index contributed by atoms with van der Waals surface area (Å²) in [5, 5.41) is 6.38. The van der Waals surface area contributed by atoms with Gasteiger partial charge in [-0.2, -0.15) is 0 Å². The van der Waals surface area contributed by atoms with Crippen LogP contribution in [-0.2, 0) is 17.8 Å². The Morgan fingerprint density at radius 1 is 1.21 bits per heavy atom. The maximum Gasteiger partial charge on any atom is 0.352 e. The lowest BCUT2D eigenvalue weighted by Crippen LogP contribution is -2.29. The van der Waals surface area contributed by atoms with E-state index in [4.69, 9.17) is 4.74 Å². The minimum absolute atomic E-state index is 0.0173. The van der Waals surface area contributed by atoms with Crippen LogP contribution < -0.4 is 11.2 Å². The molecular formula is C20H20N4O3S. The maximum absolute atomic E-state index is 13.1. The lowest BCUT2D eigenvalue weighted by molar-refractivity contribution is 0.0969. The Balaban J connectivity index is 1.69. The first-order chi connectivity index (χ1) is 13.6. The Labute approximate surface area is 164 Å². The number of aryl methyl sites for hydroxylation is 1. The third-order valence-corrected chi connectivity index (χ3v) is 6.14. The highest BCUT2D eigenvalue weighted by Crippen LogP contribution is 2.19. The molecule has 4 heterocycles. The summed E-state index contributed by atoms with van der Waals surface area (Å²) in [5.74, 6) is 0.378. The molecule has 1 atom stereocenters. The highest BCUT2D eigenvalue weighted by molar-refractivity contribution is 7.17. The summed E-state index contributed by atoms with van der Waals surface area (Å²) in [6.07, 6.45) is 1.89. The van der Waals surface area contributed by atoms with Crippen LogP contribution in [0.5, 0.6) is 0 Å². The quantitative estimate of drug-likeness (QED) is 0.531. The number of hydrogen-bond acceptors (Lipinski definition) is 5. The van der Waals surface area contributed by atoms with Crippen LogP contribution in [0.3, 0.4) is 0 Å². The van der Waals surface area contributed by atoms with Crippen molar-refractivity contribution in [1.29, 1.82) is 0 Å². The summed E-state index contributed by atoms with van der Waals surface area (Å²) in [5.41, 5.74) is 2.43. The molecule has 0 amide bonds. The van der Waals surface area contributed by atoms with E-state index in [1.807, 2.05) is 42.6 Å². The summed E-state index contributed by atoms with van der Waals surface area (Å²) in [7, 11) is 0. The van der Waals surface area contributed by atoms with Crippen molar-refractivity contribution in [3.05, 3.63) is 67.7 Å². The Kier molecular flexibility index (Phi) is 4.17. The molecule has 0 radical (unpaired) electrons. The molecule has 7 nitrogen and oxygen atoms in total. The average molecular weight is 396 g/mol. The monoisotopic (exact) mass is 396 g/mol. The van der Waals surface area contributed by atoms with E-state index in [-0.39, 0.29) is 17.4 Å². The number of benzene rings is 1. The van der Waals surface area contributed by atoms with Crippen molar-refractivity contribution in [1.82, 2.24) is 18.7 Å². The SMILES string of the molecule is Cc1ccc(Cn2nc3n(CC4CCCO4)c(=O)c4sccc4n3c2=O)cc1. The first kappa shape index (κ1) is 17.4. The van der Waals surface area contributed by atoms with Crippen LogP contribution in [-0.4, -0.2) is 31.5 Å². The number of aromatic nitrogens is 4. The number of ether oxygens (including phenoxy) is 1. The number of fused-ring (bicyclic) bond motifs is 3. The molecular weight excluding hydrogens is 376 g/mol. The smallest absolute Gasteiger partial charge is 0.352 e. The predicted molar refractivity (Wildman–Crippen MR) is 108 cm³/mol. The molecule has 144 valence electrons. The first-order valence-electron chi connectivity index (χ1n) is 9.38. The number of nitrogens with zero attached hydrogens (tertiary/aromatic N) is 4. The fourth-order valence-electron chi connectivity index (χ4n) is 3.76. The molecule has 0 N–H and O–H groups in total.